The first-order chi connectivity index (χ1) is 8.30. The Labute approximate surface area is 108 Å². The van der Waals surface area contributed by atoms with Gasteiger partial charge in [-0.2, -0.15) is 0 Å². The second kappa shape index (κ2) is 5.94. The fraction of sp³-hybridized carbons (Fsp3) is 0.769. The minimum atomic E-state index is 0.188. The first-order valence-electron chi connectivity index (χ1n) is 6.47. The number of rotatable bonds is 7. The van der Waals surface area contributed by atoms with E-state index in [9.17, 15) is 0 Å². The first-order valence-corrected chi connectivity index (χ1v) is 7.28. The summed E-state index contributed by atoms with van der Waals surface area (Å²) in [7, 11) is 3.78. The van der Waals surface area contributed by atoms with E-state index in [1.165, 1.54) is 28.4 Å². The van der Waals surface area contributed by atoms with Crippen LogP contribution in [0.15, 0.2) is 0 Å². The maximum Gasteiger partial charge on any atom is 0.122 e. The fourth-order valence-corrected chi connectivity index (χ4v) is 3.36. The highest BCUT2D eigenvalue weighted by Crippen LogP contribution is 2.43. The number of aromatic nitrogens is 1. The zero-order chi connectivity index (χ0) is 12.3. The van der Waals surface area contributed by atoms with Crippen LogP contribution >= 0.6 is 11.3 Å². The molecule has 0 aromatic carbocycles. The molecule has 0 amide bonds. The molecule has 1 aromatic heterocycles. The molecule has 1 heterocycles. The van der Waals surface area contributed by atoms with Gasteiger partial charge in [0.25, 0.3) is 0 Å². The van der Waals surface area contributed by atoms with Gasteiger partial charge in [-0.15, -0.1) is 11.3 Å². The first kappa shape index (κ1) is 13.0. The number of nitrogens with one attached hydrogen (secondary N) is 1. The second-order valence-electron chi connectivity index (χ2n) is 4.68. The number of ether oxygens (including phenoxy) is 1. The van der Waals surface area contributed by atoms with Crippen LogP contribution in [0.3, 0.4) is 0 Å². The number of methoxy groups -OCH3 is 1. The lowest BCUT2D eigenvalue weighted by Crippen LogP contribution is -2.05. The molecule has 1 fully saturated rings. The molecule has 0 spiro atoms. The van der Waals surface area contributed by atoms with Crippen LogP contribution in [0.5, 0.6) is 0 Å². The third-order valence-corrected chi connectivity index (χ3v) is 4.32. The highest BCUT2D eigenvalue weighted by atomic mass is 32.1. The van der Waals surface area contributed by atoms with E-state index in [0.717, 1.165) is 25.3 Å². The molecule has 0 saturated heterocycles. The minimum absolute atomic E-state index is 0.188. The van der Waals surface area contributed by atoms with Crippen molar-refractivity contribution < 1.29 is 4.74 Å². The Hall–Kier alpha value is -0.450. The Morgan fingerprint density at radius 1 is 1.53 bits per heavy atom. The van der Waals surface area contributed by atoms with Gasteiger partial charge in [-0.25, -0.2) is 4.98 Å². The summed E-state index contributed by atoms with van der Waals surface area (Å²) >= 11 is 1.83. The topological polar surface area (TPSA) is 34.1 Å². The molecular weight excluding hydrogens is 232 g/mol. The van der Waals surface area contributed by atoms with E-state index in [0.29, 0.717) is 0 Å². The summed E-state index contributed by atoms with van der Waals surface area (Å²) in [6.07, 6.45) is 5.01. The second-order valence-corrected chi connectivity index (χ2v) is 5.79. The lowest BCUT2D eigenvalue weighted by molar-refractivity contribution is 0.0946. The molecule has 1 aliphatic carbocycles. The molecular formula is C13H22N2OS. The maximum absolute atomic E-state index is 5.55. The van der Waals surface area contributed by atoms with Crippen molar-refractivity contribution in [2.24, 2.45) is 0 Å². The van der Waals surface area contributed by atoms with Crippen molar-refractivity contribution in [2.45, 2.75) is 51.2 Å². The van der Waals surface area contributed by atoms with Gasteiger partial charge in [-0.1, -0.05) is 13.3 Å². The molecule has 0 radical (unpaired) electrons. The van der Waals surface area contributed by atoms with Gasteiger partial charge in [-0.3, -0.25) is 0 Å². The average Bonchev–Trinajstić information content (AvgIpc) is 3.09. The molecule has 96 valence electrons. The monoisotopic (exact) mass is 254 g/mol. The van der Waals surface area contributed by atoms with Gasteiger partial charge < -0.3 is 10.1 Å². The third kappa shape index (κ3) is 3.06. The number of hydrogen-bond acceptors (Lipinski definition) is 4. The van der Waals surface area contributed by atoms with Crippen molar-refractivity contribution in [3.05, 3.63) is 15.6 Å². The van der Waals surface area contributed by atoms with Crippen LogP contribution in [0.4, 0.5) is 0 Å². The van der Waals surface area contributed by atoms with Gasteiger partial charge in [0.1, 0.15) is 11.1 Å². The molecule has 1 unspecified atom stereocenters. The highest BCUT2D eigenvalue weighted by Gasteiger charge is 2.30. The van der Waals surface area contributed by atoms with Crippen LogP contribution in [0.2, 0.25) is 0 Å². The summed E-state index contributed by atoms with van der Waals surface area (Å²) in [4.78, 5) is 6.24. The molecule has 1 aromatic rings. The largest absolute Gasteiger partial charge is 0.374 e. The molecule has 0 bridgehead atoms. The predicted octanol–water partition coefficient (Wildman–Crippen LogP) is 3.23. The summed E-state index contributed by atoms with van der Waals surface area (Å²) in [5.74, 6) is 0.725. The maximum atomic E-state index is 5.55. The van der Waals surface area contributed by atoms with Crippen LogP contribution < -0.4 is 5.32 Å². The van der Waals surface area contributed by atoms with Crippen LogP contribution in [0.25, 0.3) is 0 Å². The van der Waals surface area contributed by atoms with Gasteiger partial charge in [0, 0.05) is 24.4 Å². The van der Waals surface area contributed by atoms with E-state index >= 15 is 0 Å². The summed E-state index contributed by atoms with van der Waals surface area (Å²) in [5, 5.41) is 4.41. The molecule has 17 heavy (non-hydrogen) atoms. The molecule has 3 nitrogen and oxygen atoms in total. The van der Waals surface area contributed by atoms with E-state index < -0.39 is 0 Å². The Kier molecular flexibility index (Phi) is 4.54. The van der Waals surface area contributed by atoms with Crippen LogP contribution in [0, 0.1) is 0 Å². The van der Waals surface area contributed by atoms with Crippen molar-refractivity contribution in [2.75, 3.05) is 14.2 Å². The van der Waals surface area contributed by atoms with E-state index in [1.54, 1.807) is 7.11 Å². The molecule has 1 saturated carbocycles. The van der Waals surface area contributed by atoms with Gasteiger partial charge in [0.15, 0.2) is 0 Å². The molecule has 1 aliphatic rings. The molecule has 4 heteroatoms. The van der Waals surface area contributed by atoms with Crippen LogP contribution in [0.1, 0.15) is 60.2 Å². The summed E-state index contributed by atoms with van der Waals surface area (Å²) in [6.45, 7) is 3.13. The fourth-order valence-electron chi connectivity index (χ4n) is 2.09. The van der Waals surface area contributed by atoms with Crippen LogP contribution in [-0.4, -0.2) is 19.1 Å². The molecule has 0 aliphatic heterocycles. The quantitative estimate of drug-likeness (QED) is 0.811. The normalized spacial score (nSPS) is 17.4. The zero-order valence-corrected chi connectivity index (χ0v) is 11.8. The summed E-state index contributed by atoms with van der Waals surface area (Å²) in [5.41, 5.74) is 1.33. The van der Waals surface area contributed by atoms with Gasteiger partial charge in [0.2, 0.25) is 0 Å². The lowest BCUT2D eigenvalue weighted by atomic mass is 10.2. The van der Waals surface area contributed by atoms with Crippen molar-refractivity contribution in [1.82, 2.24) is 10.3 Å². The van der Waals surface area contributed by atoms with Crippen molar-refractivity contribution in [1.29, 1.82) is 0 Å². The van der Waals surface area contributed by atoms with Crippen molar-refractivity contribution in [3.63, 3.8) is 0 Å². The van der Waals surface area contributed by atoms with E-state index in [2.05, 4.69) is 12.2 Å². The SMILES string of the molecule is CCCC(OC)c1nc(C2CC2)c(CNC)s1. The summed E-state index contributed by atoms with van der Waals surface area (Å²) < 4.78 is 5.55. The molecule has 1 N–H and O–H groups in total. The number of nitrogens with zero attached hydrogens (tertiary/aromatic N) is 1. The van der Waals surface area contributed by atoms with Gasteiger partial charge >= 0.3 is 0 Å². The Bertz CT molecular complexity index is 360. The van der Waals surface area contributed by atoms with E-state index in [1.807, 2.05) is 18.4 Å². The van der Waals surface area contributed by atoms with Crippen molar-refractivity contribution >= 4 is 11.3 Å². The van der Waals surface area contributed by atoms with Crippen molar-refractivity contribution in [3.8, 4) is 0 Å². The van der Waals surface area contributed by atoms with E-state index in [4.69, 9.17) is 9.72 Å². The van der Waals surface area contributed by atoms with Gasteiger partial charge in [-0.05, 0) is 26.3 Å². The highest BCUT2D eigenvalue weighted by molar-refractivity contribution is 7.11. The number of hydrogen-bond donors (Lipinski definition) is 1. The molecule has 1 atom stereocenters. The Balaban J connectivity index is 2.18. The summed E-state index contributed by atoms with van der Waals surface area (Å²) in [6, 6.07) is 0. The number of thiazole rings is 1. The standard InChI is InChI=1S/C13H22N2OS/c1-4-5-10(16-3)13-15-12(9-6-7-9)11(17-13)8-14-2/h9-10,14H,4-8H2,1-3H3. The minimum Gasteiger partial charge on any atom is -0.374 e. The molecule has 2 rings (SSSR count). The third-order valence-electron chi connectivity index (χ3n) is 3.16. The van der Waals surface area contributed by atoms with Crippen LogP contribution in [-0.2, 0) is 11.3 Å². The van der Waals surface area contributed by atoms with E-state index in [-0.39, 0.29) is 6.10 Å². The Morgan fingerprint density at radius 2 is 2.29 bits per heavy atom. The zero-order valence-electron chi connectivity index (χ0n) is 11.0. The average molecular weight is 254 g/mol. The predicted molar refractivity (Wildman–Crippen MR) is 71.5 cm³/mol. The van der Waals surface area contributed by atoms with Gasteiger partial charge in [0.05, 0.1) is 5.69 Å². The smallest absolute Gasteiger partial charge is 0.122 e. The lowest BCUT2D eigenvalue weighted by Gasteiger charge is -2.10. The Morgan fingerprint density at radius 3 is 2.82 bits per heavy atom.